The fourth-order valence-corrected chi connectivity index (χ4v) is 6.64. The molecule has 3 aromatic rings. The Kier molecular flexibility index (Phi) is 7.78. The summed E-state index contributed by atoms with van der Waals surface area (Å²) in [4.78, 5) is 36.2. The minimum Gasteiger partial charge on any atom is -0.462 e. The summed E-state index contributed by atoms with van der Waals surface area (Å²) in [6.07, 6.45) is 6.21. The number of likely N-dealkylation sites (N-methyl/N-ethyl adjacent to an activating group) is 1. The average Bonchev–Trinajstić information content (AvgIpc) is 3.58. The van der Waals surface area contributed by atoms with Gasteiger partial charge < -0.3 is 24.3 Å². The molecule has 1 aromatic carbocycles. The molecule has 3 aliphatic rings. The van der Waals surface area contributed by atoms with Crippen LogP contribution < -0.4 is 9.64 Å². The number of amides is 1. The van der Waals surface area contributed by atoms with Gasteiger partial charge in [0.15, 0.2) is 11.6 Å². The van der Waals surface area contributed by atoms with Crippen molar-refractivity contribution >= 4 is 22.8 Å². The molecule has 2 aromatic heterocycles. The second-order valence-corrected chi connectivity index (χ2v) is 11.8. The Labute approximate surface area is 245 Å². The normalized spacial score (nSPS) is 22.3. The quantitative estimate of drug-likeness (QED) is 0.310. The van der Waals surface area contributed by atoms with E-state index in [1.165, 1.54) is 21.6 Å². The van der Waals surface area contributed by atoms with Gasteiger partial charge in [0.2, 0.25) is 6.54 Å². The van der Waals surface area contributed by atoms with E-state index in [4.69, 9.17) is 26.3 Å². The van der Waals surface area contributed by atoms with Gasteiger partial charge in [0.25, 0.3) is 5.91 Å². The predicted molar refractivity (Wildman–Crippen MR) is 160 cm³/mol. The Morgan fingerprint density at radius 2 is 2.07 bits per heavy atom. The highest BCUT2D eigenvalue weighted by atomic mass is 19.1. The van der Waals surface area contributed by atoms with E-state index in [-0.39, 0.29) is 19.1 Å². The molecule has 2 aliphatic heterocycles. The maximum atomic E-state index is 13.8. The lowest BCUT2D eigenvalue weighted by Gasteiger charge is -2.39. The molecule has 2 fully saturated rings. The van der Waals surface area contributed by atoms with E-state index >= 15 is 0 Å². The zero-order chi connectivity index (χ0) is 29.4. The number of hydrogen-bond acceptors (Lipinski definition) is 7. The van der Waals surface area contributed by atoms with E-state index in [9.17, 15) is 9.18 Å². The minimum absolute atomic E-state index is 0.0467. The molecule has 6 rings (SSSR count). The number of aromatic nitrogens is 3. The first-order chi connectivity index (χ1) is 20.3. The summed E-state index contributed by atoms with van der Waals surface area (Å²) < 4.78 is 20.0. The van der Waals surface area contributed by atoms with Crippen LogP contribution >= 0.6 is 0 Å². The number of benzene rings is 1. The maximum Gasteiger partial charge on any atom is 0.319 e. The molecular formula is C32H36FN7O2. The van der Waals surface area contributed by atoms with E-state index in [0.717, 1.165) is 37.8 Å². The van der Waals surface area contributed by atoms with Crippen molar-refractivity contribution in [2.45, 2.75) is 44.7 Å². The zero-order valence-electron chi connectivity index (χ0n) is 24.2. The standard InChI is InChI=1S/C32H36FN7O2/c1-20-13-22-7-5-9-26(27(22)14-20)23-15-28-29(35-16-23)30(37-32(36-28)42-19-24-8-6-10-38(24)4)39-11-12-40(31(41)21(2)33)25(18-39)17-34-3/h5,7,9,15-16,20,24-25H,2,6,8,10-14,17-19H2,1,4H3/t20?,24-,25-/m0/s1. The number of fused-ring (bicyclic) bond motifs is 2. The van der Waals surface area contributed by atoms with Crippen molar-refractivity contribution in [3.8, 4) is 17.1 Å². The molecular weight excluding hydrogens is 533 g/mol. The van der Waals surface area contributed by atoms with Gasteiger partial charge in [-0.15, -0.1) is 0 Å². The van der Waals surface area contributed by atoms with Crippen LogP contribution in [0.25, 0.3) is 27.0 Å². The van der Waals surface area contributed by atoms with Crippen molar-refractivity contribution < 1.29 is 13.9 Å². The predicted octanol–water partition coefficient (Wildman–Crippen LogP) is 4.32. The number of carbonyl (C=O) groups excluding carboxylic acids is 1. The second kappa shape index (κ2) is 11.6. The topological polar surface area (TPSA) is 79.1 Å². The number of halogens is 1. The summed E-state index contributed by atoms with van der Waals surface area (Å²) in [5, 5.41) is 0. The minimum atomic E-state index is -1.02. The highest BCUT2D eigenvalue weighted by molar-refractivity contribution is 5.92. The third kappa shape index (κ3) is 5.41. The third-order valence-corrected chi connectivity index (χ3v) is 8.86. The molecule has 0 N–H and O–H groups in total. The largest absolute Gasteiger partial charge is 0.462 e. The third-order valence-electron chi connectivity index (χ3n) is 8.86. The summed E-state index contributed by atoms with van der Waals surface area (Å²) in [6.45, 7) is 15.4. The molecule has 0 spiro atoms. The first-order valence-corrected chi connectivity index (χ1v) is 14.7. The van der Waals surface area contributed by atoms with Gasteiger partial charge in [-0.1, -0.05) is 31.7 Å². The number of anilines is 1. The SMILES string of the molecule is [C-]#[N+]C[C@H]1CN(c2nc(OC[C@@H]3CCCN3C)nc3cc(-c4cccc5c4CC(C)C5)cnc23)CCN1C(=O)C(=C)F. The van der Waals surface area contributed by atoms with Crippen LogP contribution in [0.5, 0.6) is 6.01 Å². The average molecular weight is 570 g/mol. The fourth-order valence-electron chi connectivity index (χ4n) is 6.64. The Bertz CT molecular complexity index is 1570. The molecule has 1 unspecified atom stereocenters. The Morgan fingerprint density at radius 3 is 2.83 bits per heavy atom. The van der Waals surface area contributed by atoms with Gasteiger partial charge in [-0.05, 0) is 68.0 Å². The Morgan fingerprint density at radius 1 is 1.21 bits per heavy atom. The summed E-state index contributed by atoms with van der Waals surface area (Å²) in [6, 6.07) is 8.61. The number of carbonyl (C=O) groups is 1. The van der Waals surface area contributed by atoms with Crippen LogP contribution in [0.4, 0.5) is 10.2 Å². The number of hydrogen-bond donors (Lipinski definition) is 0. The van der Waals surface area contributed by atoms with E-state index in [0.29, 0.717) is 48.5 Å². The lowest BCUT2D eigenvalue weighted by molar-refractivity contribution is -0.131. The molecule has 4 heterocycles. The van der Waals surface area contributed by atoms with E-state index in [1.54, 1.807) is 0 Å². The lowest BCUT2D eigenvalue weighted by atomic mass is 9.97. The summed E-state index contributed by atoms with van der Waals surface area (Å²) in [7, 11) is 2.10. The Hall–Kier alpha value is -4.10. The van der Waals surface area contributed by atoms with Crippen molar-refractivity contribution in [2.75, 3.05) is 51.3 Å². The first-order valence-electron chi connectivity index (χ1n) is 14.7. The molecule has 2 saturated heterocycles. The number of ether oxygens (including phenoxy) is 1. The highest BCUT2D eigenvalue weighted by Gasteiger charge is 2.35. The number of nitrogens with zero attached hydrogens (tertiary/aromatic N) is 7. The molecule has 1 aliphatic carbocycles. The highest BCUT2D eigenvalue weighted by Crippen LogP contribution is 2.36. The molecule has 3 atom stereocenters. The van der Waals surface area contributed by atoms with Gasteiger partial charge in [0.1, 0.15) is 18.2 Å². The van der Waals surface area contributed by atoms with Crippen LogP contribution in [0.15, 0.2) is 42.9 Å². The van der Waals surface area contributed by atoms with Gasteiger partial charge >= 0.3 is 6.01 Å². The molecule has 218 valence electrons. The van der Waals surface area contributed by atoms with Gasteiger partial charge in [-0.2, -0.15) is 9.97 Å². The summed E-state index contributed by atoms with van der Waals surface area (Å²) in [5.74, 6) is -0.586. The number of pyridine rings is 1. The molecule has 0 radical (unpaired) electrons. The van der Waals surface area contributed by atoms with E-state index in [1.807, 2.05) is 11.1 Å². The van der Waals surface area contributed by atoms with Gasteiger partial charge in [-0.3, -0.25) is 9.78 Å². The van der Waals surface area contributed by atoms with Crippen molar-refractivity contribution in [2.24, 2.45) is 5.92 Å². The van der Waals surface area contributed by atoms with E-state index in [2.05, 4.69) is 54.6 Å². The van der Waals surface area contributed by atoms with Gasteiger partial charge in [0.05, 0.1) is 5.52 Å². The molecule has 0 saturated carbocycles. The molecule has 0 bridgehead atoms. The zero-order valence-corrected chi connectivity index (χ0v) is 24.2. The number of rotatable bonds is 7. The van der Waals surface area contributed by atoms with Crippen LogP contribution in [0.2, 0.25) is 0 Å². The molecule has 42 heavy (non-hydrogen) atoms. The first kappa shape index (κ1) is 28.0. The fraction of sp³-hybridized carbons (Fsp3) is 0.469. The maximum absolute atomic E-state index is 13.8. The lowest BCUT2D eigenvalue weighted by Crippen LogP contribution is -2.56. The number of piperazine rings is 1. The summed E-state index contributed by atoms with van der Waals surface area (Å²) >= 11 is 0. The van der Waals surface area contributed by atoms with Crippen molar-refractivity contribution in [1.29, 1.82) is 0 Å². The van der Waals surface area contributed by atoms with Crippen LogP contribution in [0.1, 0.15) is 30.9 Å². The summed E-state index contributed by atoms with van der Waals surface area (Å²) in [5.41, 5.74) is 6.25. The van der Waals surface area contributed by atoms with Crippen molar-refractivity contribution in [1.82, 2.24) is 24.8 Å². The van der Waals surface area contributed by atoms with Gasteiger partial charge in [0, 0.05) is 37.4 Å². The van der Waals surface area contributed by atoms with E-state index < -0.39 is 17.8 Å². The monoisotopic (exact) mass is 569 g/mol. The van der Waals surface area contributed by atoms with Crippen molar-refractivity contribution in [3.05, 3.63) is 65.4 Å². The van der Waals surface area contributed by atoms with Gasteiger partial charge in [-0.25, -0.2) is 11.0 Å². The Balaban J connectivity index is 1.38. The molecule has 9 nitrogen and oxygen atoms in total. The van der Waals surface area contributed by atoms with Crippen LogP contribution in [-0.2, 0) is 17.6 Å². The number of likely N-dealkylation sites (tertiary alicyclic amines) is 1. The second-order valence-electron chi connectivity index (χ2n) is 11.8. The smallest absolute Gasteiger partial charge is 0.319 e. The molecule has 10 heteroatoms. The van der Waals surface area contributed by atoms with Crippen LogP contribution in [0, 0.1) is 12.5 Å². The van der Waals surface area contributed by atoms with Crippen LogP contribution in [-0.4, -0.2) is 89.1 Å². The van der Waals surface area contributed by atoms with Crippen LogP contribution in [0.3, 0.4) is 0 Å². The van der Waals surface area contributed by atoms with Crippen molar-refractivity contribution in [3.63, 3.8) is 0 Å². The molecule has 1 amide bonds.